The molecule has 3 aromatic heterocycles. The first-order valence-electron chi connectivity index (χ1n) is 9.58. The van der Waals surface area contributed by atoms with E-state index in [9.17, 15) is 4.79 Å². The maximum Gasteiger partial charge on any atom is 0.259 e. The summed E-state index contributed by atoms with van der Waals surface area (Å²) in [6, 6.07) is 11.8. The summed E-state index contributed by atoms with van der Waals surface area (Å²) in [5.41, 5.74) is 3.68. The highest BCUT2D eigenvalue weighted by atomic mass is 32.1. The normalized spacial score (nSPS) is 12.9. The molecule has 1 aliphatic rings. The third-order valence-electron chi connectivity index (χ3n) is 5.12. The summed E-state index contributed by atoms with van der Waals surface area (Å²) in [7, 11) is 0. The molecule has 4 aromatic rings. The molecule has 0 radical (unpaired) electrons. The molecule has 1 aliphatic heterocycles. The topological polar surface area (TPSA) is 71.0 Å². The monoisotopic (exact) mass is 401 g/mol. The number of aryl methyl sites for hydroxylation is 1. The van der Waals surface area contributed by atoms with Crippen molar-refractivity contribution < 1.29 is 4.79 Å². The SMILES string of the molecule is CCc1cc2c(Nc3ccc4c(c3)CCN4C(=O)c3cccnc3)ncnc2s1. The number of rotatable bonds is 4. The lowest BCUT2D eigenvalue weighted by Gasteiger charge is -2.17. The van der Waals surface area contributed by atoms with Gasteiger partial charge in [-0.25, -0.2) is 9.97 Å². The molecule has 144 valence electrons. The van der Waals surface area contributed by atoms with Crippen molar-refractivity contribution in [2.45, 2.75) is 19.8 Å². The first-order chi connectivity index (χ1) is 14.2. The van der Waals surface area contributed by atoms with Gasteiger partial charge in [-0.15, -0.1) is 11.3 Å². The van der Waals surface area contributed by atoms with Gasteiger partial charge in [0, 0.05) is 35.2 Å². The van der Waals surface area contributed by atoms with Gasteiger partial charge in [0.05, 0.1) is 10.9 Å². The molecule has 0 saturated carbocycles. The molecule has 0 saturated heterocycles. The van der Waals surface area contributed by atoms with Gasteiger partial charge in [0.1, 0.15) is 17.0 Å². The smallest absolute Gasteiger partial charge is 0.259 e. The number of fused-ring (bicyclic) bond motifs is 2. The lowest BCUT2D eigenvalue weighted by molar-refractivity contribution is 0.0989. The highest BCUT2D eigenvalue weighted by Crippen LogP contribution is 2.34. The van der Waals surface area contributed by atoms with Gasteiger partial charge in [-0.1, -0.05) is 6.92 Å². The van der Waals surface area contributed by atoms with Gasteiger partial charge in [-0.3, -0.25) is 9.78 Å². The number of anilines is 3. The molecule has 5 rings (SSSR count). The van der Waals surface area contributed by atoms with Crippen LogP contribution in [0.1, 0.15) is 27.7 Å². The minimum absolute atomic E-state index is 0.0135. The van der Waals surface area contributed by atoms with Gasteiger partial charge in [0.25, 0.3) is 5.91 Å². The van der Waals surface area contributed by atoms with Crippen molar-refractivity contribution >= 4 is 44.7 Å². The number of nitrogens with zero attached hydrogens (tertiary/aromatic N) is 4. The Labute approximate surface area is 172 Å². The average molecular weight is 401 g/mol. The summed E-state index contributed by atoms with van der Waals surface area (Å²) in [6.07, 6.45) is 6.70. The molecule has 0 aliphatic carbocycles. The van der Waals surface area contributed by atoms with E-state index in [2.05, 4.69) is 39.3 Å². The van der Waals surface area contributed by atoms with Crippen LogP contribution in [0.15, 0.2) is 55.1 Å². The van der Waals surface area contributed by atoms with Crippen molar-refractivity contribution in [3.63, 3.8) is 0 Å². The predicted octanol–water partition coefficient (Wildman–Crippen LogP) is 4.60. The predicted molar refractivity (Wildman–Crippen MR) is 116 cm³/mol. The molecule has 0 spiro atoms. The zero-order valence-electron chi connectivity index (χ0n) is 15.9. The second-order valence-electron chi connectivity index (χ2n) is 6.92. The molecule has 7 heteroatoms. The molecular weight excluding hydrogens is 382 g/mol. The maximum absolute atomic E-state index is 12.8. The molecule has 1 aromatic carbocycles. The zero-order chi connectivity index (χ0) is 19.8. The number of aromatic nitrogens is 3. The molecule has 0 fully saturated rings. The lowest BCUT2D eigenvalue weighted by Crippen LogP contribution is -2.28. The summed E-state index contributed by atoms with van der Waals surface area (Å²) >= 11 is 1.70. The van der Waals surface area contributed by atoms with Crippen molar-refractivity contribution in [3.05, 3.63) is 71.1 Å². The van der Waals surface area contributed by atoms with Crippen molar-refractivity contribution in [1.82, 2.24) is 15.0 Å². The lowest BCUT2D eigenvalue weighted by atomic mass is 10.1. The number of pyridine rings is 1. The number of carbonyl (C=O) groups is 1. The van der Waals surface area contributed by atoms with Gasteiger partial charge in [-0.05, 0) is 54.8 Å². The number of hydrogen-bond donors (Lipinski definition) is 1. The zero-order valence-corrected chi connectivity index (χ0v) is 16.7. The number of amides is 1. The Balaban J connectivity index is 1.42. The van der Waals surface area contributed by atoms with Crippen LogP contribution in [0.4, 0.5) is 17.2 Å². The van der Waals surface area contributed by atoms with Crippen LogP contribution in [0.2, 0.25) is 0 Å². The van der Waals surface area contributed by atoms with E-state index in [4.69, 9.17) is 0 Å². The second-order valence-corrected chi connectivity index (χ2v) is 8.04. The fourth-order valence-corrected chi connectivity index (χ4v) is 4.59. The molecule has 4 heterocycles. The first kappa shape index (κ1) is 17.8. The van der Waals surface area contributed by atoms with Crippen LogP contribution in [-0.2, 0) is 12.8 Å². The summed E-state index contributed by atoms with van der Waals surface area (Å²) in [5, 5.41) is 4.48. The molecule has 0 unspecified atom stereocenters. The summed E-state index contributed by atoms with van der Waals surface area (Å²) in [5.74, 6) is 0.799. The van der Waals surface area contributed by atoms with Crippen LogP contribution in [0.25, 0.3) is 10.2 Å². The van der Waals surface area contributed by atoms with Crippen molar-refractivity contribution in [2.24, 2.45) is 0 Å². The van der Waals surface area contributed by atoms with Crippen molar-refractivity contribution in [3.8, 4) is 0 Å². The molecule has 0 bridgehead atoms. The fraction of sp³-hybridized carbons (Fsp3) is 0.182. The van der Waals surface area contributed by atoms with Crippen LogP contribution in [0.3, 0.4) is 0 Å². The summed E-state index contributed by atoms with van der Waals surface area (Å²) < 4.78 is 0. The average Bonchev–Trinajstić information content (AvgIpc) is 3.38. The number of hydrogen-bond acceptors (Lipinski definition) is 6. The van der Waals surface area contributed by atoms with E-state index in [0.29, 0.717) is 12.1 Å². The number of nitrogens with one attached hydrogen (secondary N) is 1. The molecule has 29 heavy (non-hydrogen) atoms. The largest absolute Gasteiger partial charge is 0.340 e. The number of thiophene rings is 1. The van der Waals surface area contributed by atoms with Crippen molar-refractivity contribution in [2.75, 3.05) is 16.8 Å². The molecule has 6 nitrogen and oxygen atoms in total. The second kappa shape index (κ2) is 7.25. The van der Waals surface area contributed by atoms with Gasteiger partial charge in [-0.2, -0.15) is 0 Å². The molecular formula is C22H19N5OS. The Bertz CT molecular complexity index is 1200. The Hall–Kier alpha value is -3.32. The van der Waals surface area contributed by atoms with E-state index < -0.39 is 0 Å². The minimum Gasteiger partial charge on any atom is -0.340 e. The van der Waals surface area contributed by atoms with Crippen LogP contribution >= 0.6 is 11.3 Å². The van der Waals surface area contributed by atoms with Crippen LogP contribution in [0.5, 0.6) is 0 Å². The summed E-state index contributed by atoms with van der Waals surface area (Å²) in [6.45, 7) is 2.82. The molecule has 0 atom stereocenters. The minimum atomic E-state index is -0.0135. The van der Waals surface area contributed by atoms with Crippen molar-refractivity contribution in [1.29, 1.82) is 0 Å². The van der Waals surface area contributed by atoms with Gasteiger partial charge >= 0.3 is 0 Å². The molecule has 1 amide bonds. The van der Waals surface area contributed by atoms with Crippen LogP contribution in [-0.4, -0.2) is 27.4 Å². The van der Waals surface area contributed by atoms with E-state index >= 15 is 0 Å². The Morgan fingerprint density at radius 2 is 2.17 bits per heavy atom. The highest BCUT2D eigenvalue weighted by molar-refractivity contribution is 7.18. The Morgan fingerprint density at radius 1 is 1.24 bits per heavy atom. The van der Waals surface area contributed by atoms with E-state index in [1.807, 2.05) is 17.0 Å². The van der Waals surface area contributed by atoms with Gasteiger partial charge < -0.3 is 10.2 Å². The van der Waals surface area contributed by atoms with E-state index in [1.54, 1.807) is 42.2 Å². The van der Waals surface area contributed by atoms with Crippen LogP contribution in [0, 0.1) is 0 Å². The number of benzene rings is 1. The fourth-order valence-electron chi connectivity index (χ4n) is 3.65. The third-order valence-corrected chi connectivity index (χ3v) is 6.31. The first-order valence-corrected chi connectivity index (χ1v) is 10.4. The number of carbonyl (C=O) groups excluding carboxylic acids is 1. The Kier molecular flexibility index (Phi) is 4.44. The summed E-state index contributed by atoms with van der Waals surface area (Å²) in [4.78, 5) is 29.8. The maximum atomic E-state index is 12.8. The van der Waals surface area contributed by atoms with E-state index in [0.717, 1.165) is 45.8 Å². The third kappa shape index (κ3) is 3.23. The van der Waals surface area contributed by atoms with E-state index in [-0.39, 0.29) is 5.91 Å². The molecule has 1 N–H and O–H groups in total. The van der Waals surface area contributed by atoms with Gasteiger partial charge in [0.2, 0.25) is 0 Å². The quantitative estimate of drug-likeness (QED) is 0.541. The standard InChI is InChI=1S/C22H19N5OS/c1-2-17-11-18-20(24-13-25-21(18)29-17)26-16-5-6-19-14(10-16)7-9-27(19)22(28)15-4-3-8-23-12-15/h3-6,8,10-13H,2,7,9H2,1H3,(H,24,25,26). The van der Waals surface area contributed by atoms with Gasteiger partial charge in [0.15, 0.2) is 0 Å². The van der Waals surface area contributed by atoms with E-state index in [1.165, 1.54) is 4.88 Å². The highest BCUT2D eigenvalue weighted by Gasteiger charge is 2.26. The Morgan fingerprint density at radius 3 is 3.00 bits per heavy atom. The van der Waals surface area contributed by atoms with Crippen LogP contribution < -0.4 is 10.2 Å².